The van der Waals surface area contributed by atoms with Gasteiger partial charge >= 0.3 is 5.97 Å². The van der Waals surface area contributed by atoms with Crippen molar-refractivity contribution < 1.29 is 9.90 Å². The van der Waals surface area contributed by atoms with E-state index >= 15 is 0 Å². The molecule has 0 amide bonds. The highest BCUT2D eigenvalue weighted by Crippen LogP contribution is 2.46. The second-order valence-corrected chi connectivity index (χ2v) is 5.98. The van der Waals surface area contributed by atoms with Crippen LogP contribution in [0.4, 0.5) is 5.69 Å². The molecule has 2 aromatic carbocycles. The molecular formula is C17H19NO2. The highest BCUT2D eigenvalue weighted by molar-refractivity contribution is 5.86. The predicted octanol–water partition coefficient (Wildman–Crippen LogP) is 3.45. The summed E-state index contributed by atoms with van der Waals surface area (Å²) in [6.07, 6.45) is 1.58. The van der Waals surface area contributed by atoms with Crippen LogP contribution in [0.1, 0.15) is 18.4 Å². The predicted molar refractivity (Wildman–Crippen MR) is 81.3 cm³/mol. The minimum absolute atomic E-state index is 0.517. The standard InChI is InChI=1S/C17H19NO2/c1-12-3-4-14-10-15(6-5-13(14)9-12)18(2)11-17(7-8-17)16(19)20/h3-6,9-10H,7-8,11H2,1-2H3,(H,19,20). The average Bonchev–Trinajstić information content (AvgIpc) is 3.19. The maximum Gasteiger partial charge on any atom is 0.311 e. The molecular weight excluding hydrogens is 250 g/mol. The van der Waals surface area contributed by atoms with Crippen LogP contribution in [-0.4, -0.2) is 24.7 Å². The molecule has 104 valence electrons. The van der Waals surface area contributed by atoms with E-state index in [1.54, 1.807) is 0 Å². The van der Waals surface area contributed by atoms with Gasteiger partial charge in [0, 0.05) is 19.3 Å². The topological polar surface area (TPSA) is 40.5 Å². The lowest BCUT2D eigenvalue weighted by atomic mass is 10.0. The molecule has 0 atom stereocenters. The molecule has 0 spiro atoms. The van der Waals surface area contributed by atoms with E-state index in [0.717, 1.165) is 18.5 Å². The van der Waals surface area contributed by atoms with E-state index in [4.69, 9.17) is 0 Å². The van der Waals surface area contributed by atoms with E-state index in [1.165, 1.54) is 16.3 Å². The Balaban J connectivity index is 1.86. The van der Waals surface area contributed by atoms with Crippen molar-refractivity contribution in [3.8, 4) is 0 Å². The monoisotopic (exact) mass is 269 g/mol. The Morgan fingerprint density at radius 2 is 1.85 bits per heavy atom. The number of nitrogens with zero attached hydrogens (tertiary/aromatic N) is 1. The number of fused-ring (bicyclic) bond motifs is 1. The number of aliphatic carboxylic acids is 1. The second-order valence-electron chi connectivity index (χ2n) is 5.98. The molecule has 1 N–H and O–H groups in total. The van der Waals surface area contributed by atoms with E-state index in [2.05, 4.69) is 48.2 Å². The molecule has 0 aromatic heterocycles. The molecule has 20 heavy (non-hydrogen) atoms. The first-order valence-electron chi connectivity index (χ1n) is 6.95. The molecule has 0 radical (unpaired) electrons. The number of hydrogen-bond donors (Lipinski definition) is 1. The van der Waals surface area contributed by atoms with Crippen molar-refractivity contribution >= 4 is 22.4 Å². The molecule has 3 nitrogen and oxygen atoms in total. The fourth-order valence-electron chi connectivity index (χ4n) is 2.73. The first kappa shape index (κ1) is 13.0. The van der Waals surface area contributed by atoms with Gasteiger partial charge in [-0.2, -0.15) is 0 Å². The summed E-state index contributed by atoms with van der Waals surface area (Å²) < 4.78 is 0. The summed E-state index contributed by atoms with van der Waals surface area (Å²) in [6.45, 7) is 2.67. The van der Waals surface area contributed by atoms with E-state index in [9.17, 15) is 9.90 Å². The Morgan fingerprint density at radius 1 is 1.20 bits per heavy atom. The quantitative estimate of drug-likeness (QED) is 0.924. The van der Waals surface area contributed by atoms with Crippen molar-refractivity contribution in [2.45, 2.75) is 19.8 Å². The fourth-order valence-corrected chi connectivity index (χ4v) is 2.73. The van der Waals surface area contributed by atoms with E-state index in [0.29, 0.717) is 6.54 Å². The third kappa shape index (κ3) is 2.24. The molecule has 0 aliphatic heterocycles. The van der Waals surface area contributed by atoms with Gasteiger partial charge in [0.15, 0.2) is 0 Å². The normalized spacial score (nSPS) is 16.1. The van der Waals surface area contributed by atoms with Gasteiger partial charge in [-0.25, -0.2) is 0 Å². The van der Waals surface area contributed by atoms with Gasteiger partial charge in [-0.05, 0) is 42.7 Å². The number of carbonyl (C=O) groups is 1. The van der Waals surface area contributed by atoms with Crippen molar-refractivity contribution in [2.24, 2.45) is 5.41 Å². The third-order valence-electron chi connectivity index (χ3n) is 4.27. The number of carboxylic acids is 1. The summed E-state index contributed by atoms with van der Waals surface area (Å²) in [4.78, 5) is 13.3. The Morgan fingerprint density at radius 3 is 2.50 bits per heavy atom. The number of benzene rings is 2. The van der Waals surface area contributed by atoms with Gasteiger partial charge in [0.2, 0.25) is 0 Å². The number of rotatable bonds is 4. The van der Waals surface area contributed by atoms with Crippen molar-refractivity contribution in [3.63, 3.8) is 0 Å². The molecule has 1 aliphatic carbocycles. The van der Waals surface area contributed by atoms with Crippen LogP contribution in [0, 0.1) is 12.3 Å². The van der Waals surface area contributed by atoms with Crippen LogP contribution in [0.15, 0.2) is 36.4 Å². The lowest BCUT2D eigenvalue weighted by molar-refractivity contribution is -0.142. The number of anilines is 1. The van der Waals surface area contributed by atoms with Crippen molar-refractivity contribution in [2.75, 3.05) is 18.5 Å². The van der Waals surface area contributed by atoms with E-state index in [-0.39, 0.29) is 0 Å². The lowest BCUT2D eigenvalue weighted by Gasteiger charge is -2.23. The number of hydrogen-bond acceptors (Lipinski definition) is 2. The number of aryl methyl sites for hydroxylation is 1. The van der Waals surface area contributed by atoms with Crippen molar-refractivity contribution in [1.29, 1.82) is 0 Å². The van der Waals surface area contributed by atoms with Crippen LogP contribution in [0.3, 0.4) is 0 Å². The van der Waals surface area contributed by atoms with Crippen LogP contribution in [0.25, 0.3) is 10.8 Å². The minimum Gasteiger partial charge on any atom is -0.481 e. The Hall–Kier alpha value is -2.03. The molecule has 2 aromatic rings. The van der Waals surface area contributed by atoms with E-state index in [1.807, 2.05) is 7.05 Å². The SMILES string of the molecule is Cc1ccc2cc(N(C)CC3(C(=O)O)CC3)ccc2c1. The summed E-state index contributed by atoms with van der Waals surface area (Å²) >= 11 is 0. The molecule has 1 aliphatic rings. The first-order chi connectivity index (χ1) is 9.50. The zero-order valence-electron chi connectivity index (χ0n) is 11.9. The minimum atomic E-state index is -0.666. The molecule has 3 heteroatoms. The summed E-state index contributed by atoms with van der Waals surface area (Å²) in [5, 5.41) is 11.7. The summed E-state index contributed by atoms with van der Waals surface area (Å²) in [5.74, 6) is -0.666. The van der Waals surface area contributed by atoms with Crippen molar-refractivity contribution in [1.82, 2.24) is 0 Å². The Labute approximate surface area is 118 Å². The molecule has 3 rings (SSSR count). The third-order valence-corrected chi connectivity index (χ3v) is 4.27. The molecule has 0 bridgehead atoms. The summed E-state index contributed by atoms with van der Waals surface area (Å²) in [7, 11) is 1.97. The van der Waals surface area contributed by atoms with E-state index < -0.39 is 11.4 Å². The number of carboxylic acid groups (broad SMARTS) is 1. The van der Waals surface area contributed by atoms with Gasteiger partial charge in [-0.15, -0.1) is 0 Å². The van der Waals surface area contributed by atoms with Crippen LogP contribution in [-0.2, 0) is 4.79 Å². The van der Waals surface area contributed by atoms with Crippen LogP contribution in [0.5, 0.6) is 0 Å². The summed E-state index contributed by atoms with van der Waals surface area (Å²) in [6, 6.07) is 12.7. The Kier molecular flexibility index (Phi) is 2.93. The first-order valence-corrected chi connectivity index (χ1v) is 6.95. The van der Waals surface area contributed by atoms with Gasteiger partial charge in [-0.3, -0.25) is 4.79 Å². The highest BCUT2D eigenvalue weighted by Gasteiger charge is 2.50. The zero-order valence-corrected chi connectivity index (χ0v) is 11.9. The molecule has 0 saturated heterocycles. The van der Waals surface area contributed by atoms with Crippen LogP contribution in [0.2, 0.25) is 0 Å². The second kappa shape index (κ2) is 4.51. The molecule has 1 fully saturated rings. The van der Waals surface area contributed by atoms with Crippen LogP contribution >= 0.6 is 0 Å². The lowest BCUT2D eigenvalue weighted by Crippen LogP contribution is -2.31. The van der Waals surface area contributed by atoms with Gasteiger partial charge in [0.25, 0.3) is 0 Å². The van der Waals surface area contributed by atoms with Gasteiger partial charge in [0.05, 0.1) is 5.41 Å². The van der Waals surface area contributed by atoms with Gasteiger partial charge in [0.1, 0.15) is 0 Å². The summed E-state index contributed by atoms with van der Waals surface area (Å²) in [5.41, 5.74) is 1.81. The maximum atomic E-state index is 11.3. The average molecular weight is 269 g/mol. The molecule has 0 unspecified atom stereocenters. The zero-order chi connectivity index (χ0) is 14.3. The van der Waals surface area contributed by atoms with Crippen molar-refractivity contribution in [3.05, 3.63) is 42.0 Å². The molecule has 1 saturated carbocycles. The van der Waals surface area contributed by atoms with Gasteiger partial charge in [-0.1, -0.05) is 29.8 Å². The van der Waals surface area contributed by atoms with Gasteiger partial charge < -0.3 is 10.0 Å². The Bertz CT molecular complexity index is 674. The maximum absolute atomic E-state index is 11.3. The highest BCUT2D eigenvalue weighted by atomic mass is 16.4. The fraction of sp³-hybridized carbons (Fsp3) is 0.353. The molecule has 0 heterocycles. The van der Waals surface area contributed by atoms with Crippen LogP contribution < -0.4 is 4.90 Å². The largest absolute Gasteiger partial charge is 0.481 e. The smallest absolute Gasteiger partial charge is 0.311 e.